The molecule has 0 aromatic carbocycles. The van der Waals surface area contributed by atoms with Gasteiger partial charge in [-0.3, -0.25) is 4.79 Å². The lowest BCUT2D eigenvalue weighted by Crippen LogP contribution is -2.41. The lowest BCUT2D eigenvalue weighted by Gasteiger charge is -2.37. The second-order valence-corrected chi connectivity index (χ2v) is 11.8. The van der Waals surface area contributed by atoms with Crippen molar-refractivity contribution in [2.45, 2.75) is 58.2 Å². The molecule has 0 N–H and O–H groups in total. The molecule has 1 aliphatic carbocycles. The van der Waals surface area contributed by atoms with Gasteiger partial charge in [-0.1, -0.05) is 20.8 Å². The van der Waals surface area contributed by atoms with E-state index < -0.39 is 8.32 Å². The predicted octanol–water partition coefficient (Wildman–Crippen LogP) is 3.60. The lowest BCUT2D eigenvalue weighted by molar-refractivity contribution is -0.145. The summed E-state index contributed by atoms with van der Waals surface area (Å²) in [6, 6.07) is 0. The first-order valence-corrected chi connectivity index (χ1v) is 9.80. The Morgan fingerprint density at radius 1 is 1.28 bits per heavy atom. The van der Waals surface area contributed by atoms with Gasteiger partial charge < -0.3 is 9.16 Å². The van der Waals surface area contributed by atoms with Gasteiger partial charge in [0.25, 0.3) is 0 Å². The van der Waals surface area contributed by atoms with Gasteiger partial charge in [-0.15, -0.1) is 0 Å². The van der Waals surface area contributed by atoms with Crippen molar-refractivity contribution >= 4 is 14.3 Å². The SMILES string of the molecule is COC(=O)C1CCC(CO[Si](C)(C)C(C)(C)C)C1. The first-order chi connectivity index (χ1) is 8.17. The normalized spacial score (nSPS) is 25.2. The van der Waals surface area contributed by atoms with Gasteiger partial charge in [0.15, 0.2) is 8.32 Å². The predicted molar refractivity (Wildman–Crippen MR) is 76.0 cm³/mol. The first-order valence-electron chi connectivity index (χ1n) is 6.89. The van der Waals surface area contributed by atoms with E-state index >= 15 is 0 Å². The number of rotatable bonds is 4. The molecule has 1 fully saturated rings. The van der Waals surface area contributed by atoms with Crippen LogP contribution in [0.5, 0.6) is 0 Å². The fraction of sp³-hybridized carbons (Fsp3) is 0.929. The van der Waals surface area contributed by atoms with Crippen molar-refractivity contribution in [3.05, 3.63) is 0 Å². The molecule has 0 aromatic rings. The van der Waals surface area contributed by atoms with Crippen molar-refractivity contribution in [1.29, 1.82) is 0 Å². The van der Waals surface area contributed by atoms with E-state index in [9.17, 15) is 4.79 Å². The molecule has 106 valence electrons. The third kappa shape index (κ3) is 3.82. The lowest BCUT2D eigenvalue weighted by atomic mass is 10.1. The zero-order valence-electron chi connectivity index (χ0n) is 12.7. The molecule has 0 saturated heterocycles. The number of hydrogen-bond donors (Lipinski definition) is 0. The number of esters is 1. The Balaban J connectivity index is 2.41. The molecule has 0 aromatic heterocycles. The molecule has 0 bridgehead atoms. The molecule has 2 unspecified atom stereocenters. The maximum atomic E-state index is 11.5. The average Bonchev–Trinajstić information content (AvgIpc) is 2.72. The molecule has 1 rings (SSSR count). The molecule has 1 saturated carbocycles. The highest BCUT2D eigenvalue weighted by atomic mass is 28.4. The van der Waals surface area contributed by atoms with Crippen molar-refractivity contribution in [2.24, 2.45) is 11.8 Å². The summed E-state index contributed by atoms with van der Waals surface area (Å²) in [5.74, 6) is 0.580. The van der Waals surface area contributed by atoms with Gasteiger partial charge in [0.05, 0.1) is 13.0 Å². The van der Waals surface area contributed by atoms with Crippen LogP contribution in [0, 0.1) is 11.8 Å². The molecule has 0 amide bonds. The summed E-state index contributed by atoms with van der Waals surface area (Å²) in [6.07, 6.45) is 2.98. The van der Waals surface area contributed by atoms with Crippen LogP contribution in [-0.4, -0.2) is 28.0 Å². The average molecular weight is 272 g/mol. The Hall–Kier alpha value is -0.353. The van der Waals surface area contributed by atoms with E-state index in [1.54, 1.807) is 0 Å². The summed E-state index contributed by atoms with van der Waals surface area (Å²) in [5.41, 5.74) is 0. The van der Waals surface area contributed by atoms with Crippen LogP contribution >= 0.6 is 0 Å². The zero-order chi connectivity index (χ0) is 14.0. The molecule has 0 radical (unpaired) electrons. The van der Waals surface area contributed by atoms with Gasteiger partial charge in [-0.05, 0) is 43.3 Å². The van der Waals surface area contributed by atoms with E-state index in [1.807, 2.05) is 0 Å². The van der Waals surface area contributed by atoms with Crippen molar-refractivity contribution in [2.75, 3.05) is 13.7 Å². The molecule has 18 heavy (non-hydrogen) atoms. The summed E-state index contributed by atoms with van der Waals surface area (Å²) >= 11 is 0. The number of methoxy groups -OCH3 is 1. The Morgan fingerprint density at radius 3 is 2.39 bits per heavy atom. The number of carbonyl (C=O) groups excluding carboxylic acids is 1. The third-order valence-electron chi connectivity index (χ3n) is 4.56. The van der Waals surface area contributed by atoms with Crippen LogP contribution in [0.1, 0.15) is 40.0 Å². The Kier molecular flexibility index (Phi) is 5.01. The van der Waals surface area contributed by atoms with Crippen LogP contribution in [0.4, 0.5) is 0 Å². The van der Waals surface area contributed by atoms with Crippen molar-refractivity contribution < 1.29 is 14.0 Å². The largest absolute Gasteiger partial charge is 0.469 e. The van der Waals surface area contributed by atoms with Crippen LogP contribution in [0.25, 0.3) is 0 Å². The van der Waals surface area contributed by atoms with Crippen LogP contribution in [0.15, 0.2) is 0 Å². The molecule has 3 nitrogen and oxygen atoms in total. The second kappa shape index (κ2) is 5.74. The fourth-order valence-electron chi connectivity index (χ4n) is 2.15. The highest BCUT2D eigenvalue weighted by Gasteiger charge is 2.39. The summed E-state index contributed by atoms with van der Waals surface area (Å²) in [5, 5.41) is 0.257. The van der Waals surface area contributed by atoms with Crippen molar-refractivity contribution in [1.82, 2.24) is 0 Å². The highest BCUT2D eigenvalue weighted by molar-refractivity contribution is 6.74. The van der Waals surface area contributed by atoms with Crippen LogP contribution < -0.4 is 0 Å². The first kappa shape index (κ1) is 15.7. The minimum atomic E-state index is -1.65. The van der Waals surface area contributed by atoms with E-state index in [0.29, 0.717) is 5.92 Å². The molecular weight excluding hydrogens is 244 g/mol. The smallest absolute Gasteiger partial charge is 0.308 e. The topological polar surface area (TPSA) is 35.5 Å². The molecular formula is C14H28O3Si. The molecule has 4 heteroatoms. The minimum Gasteiger partial charge on any atom is -0.469 e. The van der Waals surface area contributed by atoms with E-state index in [1.165, 1.54) is 7.11 Å². The summed E-state index contributed by atoms with van der Waals surface area (Å²) in [7, 11) is -0.172. The van der Waals surface area contributed by atoms with Gasteiger partial charge >= 0.3 is 5.97 Å². The molecule has 2 atom stereocenters. The quantitative estimate of drug-likeness (QED) is 0.579. The monoisotopic (exact) mass is 272 g/mol. The van der Waals surface area contributed by atoms with Gasteiger partial charge in [-0.2, -0.15) is 0 Å². The van der Waals surface area contributed by atoms with E-state index in [0.717, 1.165) is 25.9 Å². The minimum absolute atomic E-state index is 0.0511. The maximum absolute atomic E-state index is 11.5. The van der Waals surface area contributed by atoms with Crippen LogP contribution in [-0.2, 0) is 14.0 Å². The highest BCUT2D eigenvalue weighted by Crippen LogP contribution is 2.38. The van der Waals surface area contributed by atoms with Crippen LogP contribution in [0.2, 0.25) is 18.1 Å². The van der Waals surface area contributed by atoms with Gasteiger partial charge in [0.2, 0.25) is 0 Å². The summed E-state index contributed by atoms with van der Waals surface area (Å²) in [6.45, 7) is 12.1. The zero-order valence-corrected chi connectivity index (χ0v) is 13.7. The van der Waals surface area contributed by atoms with Gasteiger partial charge in [0.1, 0.15) is 0 Å². The van der Waals surface area contributed by atoms with E-state index in [4.69, 9.17) is 9.16 Å². The Morgan fingerprint density at radius 2 is 1.89 bits per heavy atom. The standard InChI is InChI=1S/C14H28O3Si/c1-14(2,3)18(5,6)17-10-11-7-8-12(9-11)13(15)16-4/h11-12H,7-10H2,1-6H3. The number of hydrogen-bond acceptors (Lipinski definition) is 3. The summed E-state index contributed by atoms with van der Waals surface area (Å²) < 4.78 is 11.0. The Bertz CT molecular complexity index is 294. The number of ether oxygens (including phenoxy) is 1. The molecule has 1 aliphatic rings. The summed E-state index contributed by atoms with van der Waals surface area (Å²) in [4.78, 5) is 11.5. The van der Waals surface area contributed by atoms with E-state index in [2.05, 4.69) is 33.9 Å². The second-order valence-electron chi connectivity index (χ2n) is 6.97. The van der Waals surface area contributed by atoms with Crippen molar-refractivity contribution in [3.63, 3.8) is 0 Å². The fourth-order valence-corrected chi connectivity index (χ4v) is 3.24. The molecule has 0 aliphatic heterocycles. The van der Waals surface area contributed by atoms with E-state index in [-0.39, 0.29) is 16.9 Å². The third-order valence-corrected chi connectivity index (χ3v) is 9.06. The maximum Gasteiger partial charge on any atom is 0.308 e. The van der Waals surface area contributed by atoms with Crippen molar-refractivity contribution in [3.8, 4) is 0 Å². The van der Waals surface area contributed by atoms with Crippen LogP contribution in [0.3, 0.4) is 0 Å². The Labute approximate surface area is 112 Å². The van der Waals surface area contributed by atoms with Gasteiger partial charge in [0, 0.05) is 6.61 Å². The number of carbonyl (C=O) groups is 1. The molecule has 0 heterocycles. The van der Waals surface area contributed by atoms with Gasteiger partial charge in [-0.25, -0.2) is 0 Å². The molecule has 0 spiro atoms.